The van der Waals surface area contributed by atoms with E-state index < -0.39 is 0 Å². The van der Waals surface area contributed by atoms with Gasteiger partial charge in [-0.05, 0) is 37.0 Å². The van der Waals surface area contributed by atoms with Gasteiger partial charge in [0.2, 0.25) is 0 Å². The fourth-order valence-corrected chi connectivity index (χ4v) is 4.21. The molecule has 9 heavy (non-hydrogen) atoms. The molecule has 0 radical (unpaired) electrons. The van der Waals surface area contributed by atoms with Crippen molar-refractivity contribution in [2.45, 2.75) is 49.8 Å². The molecule has 2 heterocycles. The quantitative estimate of drug-likeness (QED) is 0.456. The van der Waals surface area contributed by atoms with Gasteiger partial charge in [-0.2, -0.15) is 0 Å². The highest BCUT2D eigenvalue weighted by molar-refractivity contribution is 7.40. The van der Waals surface area contributed by atoms with Crippen LogP contribution >= 0.6 is 8.58 Å². The lowest BCUT2D eigenvalue weighted by molar-refractivity contribution is 0.556. The lowest BCUT2D eigenvalue weighted by Gasteiger charge is -2.04. The van der Waals surface area contributed by atoms with Crippen molar-refractivity contribution < 1.29 is 0 Å². The van der Waals surface area contributed by atoms with Crippen LogP contribution in [0.25, 0.3) is 0 Å². The second kappa shape index (κ2) is 2.58. The number of rotatable bonds is 0. The molecule has 2 aliphatic heterocycles. The molecule has 2 saturated heterocycles. The standard InChI is InChI=1S/C8H15P/c1-2-4-8-6-5-7(3-1)9-8/h7-9H,1-6H2. The van der Waals surface area contributed by atoms with E-state index >= 15 is 0 Å². The molecule has 52 valence electrons. The van der Waals surface area contributed by atoms with Crippen LogP contribution in [0, 0.1) is 0 Å². The molecule has 2 atom stereocenters. The molecule has 0 aliphatic carbocycles. The van der Waals surface area contributed by atoms with Crippen molar-refractivity contribution in [1.29, 1.82) is 0 Å². The first-order valence-electron chi connectivity index (χ1n) is 4.21. The molecule has 0 nitrogen and oxygen atoms in total. The van der Waals surface area contributed by atoms with E-state index in [0.717, 1.165) is 0 Å². The zero-order valence-electron chi connectivity index (χ0n) is 5.90. The smallest absolute Gasteiger partial charge is 0.0234 e. The molecule has 2 fully saturated rings. The number of hydrogen-bond acceptors (Lipinski definition) is 0. The van der Waals surface area contributed by atoms with Gasteiger partial charge >= 0.3 is 0 Å². The molecular weight excluding hydrogens is 127 g/mol. The number of fused-ring (bicyclic) bond motifs is 2. The highest BCUT2D eigenvalue weighted by Gasteiger charge is 2.25. The van der Waals surface area contributed by atoms with Crippen molar-refractivity contribution in [3.8, 4) is 0 Å². The van der Waals surface area contributed by atoms with Crippen LogP contribution in [-0.4, -0.2) is 11.3 Å². The second-order valence-corrected chi connectivity index (χ2v) is 5.39. The Labute approximate surface area is 59.2 Å². The maximum atomic E-state index is 1.57. The summed E-state index contributed by atoms with van der Waals surface area (Å²) in [5.41, 5.74) is 2.36. The Morgan fingerprint density at radius 1 is 0.778 bits per heavy atom. The summed E-state index contributed by atoms with van der Waals surface area (Å²) < 4.78 is 0. The SMILES string of the molecule is C1CCC2CCC(C1)P2. The molecule has 2 rings (SSSR count). The minimum atomic E-state index is 1.18. The molecule has 0 amide bonds. The maximum absolute atomic E-state index is 1.57. The van der Waals surface area contributed by atoms with Gasteiger partial charge in [-0.3, -0.25) is 0 Å². The summed E-state index contributed by atoms with van der Waals surface area (Å²) in [6, 6.07) is 0. The lowest BCUT2D eigenvalue weighted by atomic mass is 10.0. The van der Waals surface area contributed by atoms with Crippen LogP contribution in [-0.2, 0) is 0 Å². The van der Waals surface area contributed by atoms with Crippen molar-refractivity contribution in [1.82, 2.24) is 0 Å². The minimum Gasteiger partial charge on any atom is -0.116 e. The number of hydrogen-bond donors (Lipinski definition) is 0. The van der Waals surface area contributed by atoms with E-state index in [4.69, 9.17) is 0 Å². The van der Waals surface area contributed by atoms with Crippen LogP contribution in [0.15, 0.2) is 0 Å². The van der Waals surface area contributed by atoms with Gasteiger partial charge < -0.3 is 0 Å². The normalized spacial score (nSPS) is 45.3. The first-order valence-corrected chi connectivity index (χ1v) is 5.37. The molecule has 0 aromatic rings. The molecule has 0 spiro atoms. The molecule has 0 aromatic heterocycles. The van der Waals surface area contributed by atoms with E-state index in [9.17, 15) is 0 Å². The maximum Gasteiger partial charge on any atom is -0.0234 e. The Bertz CT molecular complexity index is 88.7. The van der Waals surface area contributed by atoms with Crippen LogP contribution in [0.3, 0.4) is 0 Å². The zero-order chi connectivity index (χ0) is 6.10. The molecule has 2 bridgehead atoms. The van der Waals surface area contributed by atoms with Crippen LogP contribution in [0.4, 0.5) is 0 Å². The lowest BCUT2D eigenvalue weighted by Crippen LogP contribution is -1.95. The predicted octanol–water partition coefficient (Wildman–Crippen LogP) is 2.77. The molecule has 2 aliphatic rings. The molecule has 0 aromatic carbocycles. The highest BCUT2D eigenvalue weighted by Crippen LogP contribution is 2.46. The largest absolute Gasteiger partial charge is 0.116 e. The fraction of sp³-hybridized carbons (Fsp3) is 1.00. The van der Waals surface area contributed by atoms with E-state index in [2.05, 4.69) is 0 Å². The summed E-state index contributed by atoms with van der Waals surface area (Å²) in [7, 11) is 1.35. The van der Waals surface area contributed by atoms with E-state index in [0.29, 0.717) is 0 Å². The summed E-state index contributed by atoms with van der Waals surface area (Å²) in [5, 5.41) is 0. The highest BCUT2D eigenvalue weighted by atomic mass is 31.1. The van der Waals surface area contributed by atoms with Gasteiger partial charge in [-0.25, -0.2) is 0 Å². The topological polar surface area (TPSA) is 0 Å². The monoisotopic (exact) mass is 142 g/mol. The summed E-state index contributed by atoms with van der Waals surface area (Å²) in [6.07, 6.45) is 9.35. The summed E-state index contributed by atoms with van der Waals surface area (Å²) >= 11 is 0. The third-order valence-electron chi connectivity index (χ3n) is 2.69. The summed E-state index contributed by atoms with van der Waals surface area (Å²) in [6.45, 7) is 0. The van der Waals surface area contributed by atoms with Gasteiger partial charge in [0.25, 0.3) is 0 Å². The zero-order valence-corrected chi connectivity index (χ0v) is 6.90. The first-order chi connectivity index (χ1) is 4.45. The Morgan fingerprint density at radius 3 is 1.89 bits per heavy atom. The van der Waals surface area contributed by atoms with Crippen LogP contribution < -0.4 is 0 Å². The Kier molecular flexibility index (Phi) is 1.77. The molecule has 2 unspecified atom stereocenters. The van der Waals surface area contributed by atoms with E-state index in [1.54, 1.807) is 25.7 Å². The van der Waals surface area contributed by atoms with Crippen molar-refractivity contribution in [3.63, 3.8) is 0 Å². The van der Waals surface area contributed by atoms with Gasteiger partial charge in [0.1, 0.15) is 0 Å². The van der Waals surface area contributed by atoms with Crippen molar-refractivity contribution in [2.75, 3.05) is 0 Å². The third kappa shape index (κ3) is 1.29. The molecular formula is C8H15P. The average molecular weight is 142 g/mol. The van der Waals surface area contributed by atoms with E-state index in [-0.39, 0.29) is 0 Å². The van der Waals surface area contributed by atoms with Gasteiger partial charge in [0, 0.05) is 0 Å². The van der Waals surface area contributed by atoms with E-state index in [1.807, 2.05) is 0 Å². The van der Waals surface area contributed by atoms with Gasteiger partial charge in [0.15, 0.2) is 0 Å². The van der Waals surface area contributed by atoms with Crippen LogP contribution in [0.1, 0.15) is 38.5 Å². The van der Waals surface area contributed by atoms with Crippen molar-refractivity contribution >= 4 is 8.58 Å². The van der Waals surface area contributed by atoms with Crippen LogP contribution in [0.2, 0.25) is 0 Å². The van der Waals surface area contributed by atoms with Crippen molar-refractivity contribution in [3.05, 3.63) is 0 Å². The van der Waals surface area contributed by atoms with Gasteiger partial charge in [0.05, 0.1) is 0 Å². The fourth-order valence-electron chi connectivity index (χ4n) is 2.14. The average Bonchev–Trinajstić information content (AvgIpc) is 2.09. The molecule has 0 N–H and O–H groups in total. The Hall–Kier alpha value is 0.430. The second-order valence-electron chi connectivity index (χ2n) is 3.42. The summed E-state index contributed by atoms with van der Waals surface area (Å²) in [5.74, 6) is 0. The van der Waals surface area contributed by atoms with Crippen molar-refractivity contribution in [2.24, 2.45) is 0 Å². The molecule has 0 saturated carbocycles. The van der Waals surface area contributed by atoms with Crippen LogP contribution in [0.5, 0.6) is 0 Å². The third-order valence-corrected chi connectivity index (χ3v) is 4.79. The van der Waals surface area contributed by atoms with Gasteiger partial charge in [-0.1, -0.05) is 12.8 Å². The predicted molar refractivity (Wildman–Crippen MR) is 43.6 cm³/mol. The van der Waals surface area contributed by atoms with Gasteiger partial charge in [-0.15, -0.1) is 8.58 Å². The molecule has 1 heteroatoms. The summed E-state index contributed by atoms with van der Waals surface area (Å²) in [4.78, 5) is 0. The van der Waals surface area contributed by atoms with E-state index in [1.165, 1.54) is 32.7 Å². The Balaban J connectivity index is 1.99. The first kappa shape index (κ1) is 6.16. The minimum absolute atomic E-state index is 1.18. The Morgan fingerprint density at radius 2 is 1.33 bits per heavy atom.